The number of methoxy groups -OCH3 is 1. The van der Waals surface area contributed by atoms with E-state index in [1.165, 1.54) is 17.7 Å². The summed E-state index contributed by atoms with van der Waals surface area (Å²) >= 11 is 1.98. The molecule has 1 saturated carbocycles. The number of hydrogen-bond donors (Lipinski definition) is 1. The zero-order chi connectivity index (χ0) is 18.8. The molecule has 0 bridgehead atoms. The van der Waals surface area contributed by atoms with Crippen molar-refractivity contribution in [2.75, 3.05) is 26.7 Å². The first-order valence-electron chi connectivity index (χ1n) is 9.46. The fourth-order valence-electron chi connectivity index (χ4n) is 4.36. The van der Waals surface area contributed by atoms with Gasteiger partial charge in [-0.2, -0.15) is 0 Å². The summed E-state index contributed by atoms with van der Waals surface area (Å²) in [6, 6.07) is 14.9. The highest BCUT2D eigenvalue weighted by molar-refractivity contribution is 8.00. The van der Waals surface area contributed by atoms with Crippen LogP contribution in [0.5, 0.6) is 11.5 Å². The molecule has 3 atom stereocenters. The summed E-state index contributed by atoms with van der Waals surface area (Å²) in [5.74, 6) is 2.64. The fourth-order valence-corrected chi connectivity index (χ4v) is 5.72. The third-order valence-electron chi connectivity index (χ3n) is 5.70. The van der Waals surface area contributed by atoms with Gasteiger partial charge in [-0.25, -0.2) is 0 Å². The maximum Gasteiger partial charge on any atom is 0.176 e. The molecule has 27 heavy (non-hydrogen) atoms. The number of Topliss-reactive ketones (excluding diaryl/α,β-unsaturated/α-hetero) is 1. The molecule has 5 heteroatoms. The van der Waals surface area contributed by atoms with E-state index in [4.69, 9.17) is 4.74 Å². The van der Waals surface area contributed by atoms with Crippen LogP contribution < -0.4 is 4.74 Å². The van der Waals surface area contributed by atoms with Crippen molar-refractivity contribution in [1.29, 1.82) is 0 Å². The van der Waals surface area contributed by atoms with Crippen LogP contribution in [-0.2, 0) is 0 Å². The Bertz CT molecular complexity index is 776. The van der Waals surface area contributed by atoms with E-state index in [9.17, 15) is 9.90 Å². The molecule has 2 fully saturated rings. The minimum absolute atomic E-state index is 0.138. The molecule has 2 aliphatic rings. The first-order valence-corrected chi connectivity index (χ1v) is 10.3. The zero-order valence-corrected chi connectivity index (χ0v) is 16.3. The predicted octanol–water partition coefficient (Wildman–Crippen LogP) is 4.09. The van der Waals surface area contributed by atoms with Gasteiger partial charge in [-0.3, -0.25) is 9.69 Å². The number of carbonyl (C=O) groups excluding carboxylic acids is 1. The number of carbonyl (C=O) groups is 1. The van der Waals surface area contributed by atoms with Gasteiger partial charge in [0.05, 0.1) is 13.7 Å². The van der Waals surface area contributed by atoms with Gasteiger partial charge in [0.2, 0.25) is 0 Å². The molecule has 142 valence electrons. The molecule has 0 aromatic heterocycles. The van der Waals surface area contributed by atoms with E-state index in [2.05, 4.69) is 17.0 Å². The number of hydrogen-bond acceptors (Lipinski definition) is 5. The van der Waals surface area contributed by atoms with Crippen molar-refractivity contribution in [3.63, 3.8) is 0 Å². The average Bonchev–Trinajstić information content (AvgIpc) is 3.20. The molecule has 2 aromatic carbocycles. The van der Waals surface area contributed by atoms with Crippen molar-refractivity contribution in [1.82, 2.24) is 4.90 Å². The quantitative estimate of drug-likeness (QED) is 0.762. The molecule has 0 amide bonds. The van der Waals surface area contributed by atoms with Crippen molar-refractivity contribution in [3.8, 4) is 11.5 Å². The lowest BCUT2D eigenvalue weighted by Gasteiger charge is -2.18. The van der Waals surface area contributed by atoms with E-state index in [-0.39, 0.29) is 11.5 Å². The second-order valence-electron chi connectivity index (χ2n) is 7.57. The number of fused-ring (bicyclic) bond motifs is 1. The standard InChI is InChI=1S/C22H25NO3S/c1-26-19-6-8-20(9-7-19)27-21-10-16-12-23(13-17(16)11-21)14-22(25)15-2-4-18(24)5-3-15/h2-9,16-17,21,24H,10-14H2,1H3/t16-,17+,21+. The number of thioether (sulfide) groups is 1. The molecule has 0 radical (unpaired) electrons. The highest BCUT2D eigenvalue weighted by Crippen LogP contribution is 2.45. The van der Waals surface area contributed by atoms with Crippen molar-refractivity contribution in [2.24, 2.45) is 11.8 Å². The number of phenolic OH excluding ortho intramolecular Hbond substituents is 1. The summed E-state index contributed by atoms with van der Waals surface area (Å²) in [7, 11) is 1.69. The van der Waals surface area contributed by atoms with Crippen molar-refractivity contribution >= 4 is 17.5 Å². The summed E-state index contributed by atoms with van der Waals surface area (Å²) in [4.78, 5) is 16.1. The van der Waals surface area contributed by atoms with Gasteiger partial charge in [0.1, 0.15) is 11.5 Å². The summed E-state index contributed by atoms with van der Waals surface area (Å²) in [6.45, 7) is 2.52. The van der Waals surface area contributed by atoms with Gasteiger partial charge in [0.25, 0.3) is 0 Å². The minimum Gasteiger partial charge on any atom is -0.508 e. The Kier molecular flexibility index (Phi) is 5.41. The lowest BCUT2D eigenvalue weighted by Crippen LogP contribution is -2.29. The van der Waals surface area contributed by atoms with Crippen LogP contribution in [0.25, 0.3) is 0 Å². The number of nitrogens with zero attached hydrogens (tertiary/aromatic N) is 1. The third-order valence-corrected chi connectivity index (χ3v) is 6.96. The molecule has 1 heterocycles. The summed E-state index contributed by atoms with van der Waals surface area (Å²) < 4.78 is 5.23. The van der Waals surface area contributed by atoms with Crippen molar-refractivity contribution in [2.45, 2.75) is 23.0 Å². The predicted molar refractivity (Wildman–Crippen MR) is 108 cm³/mol. The maximum atomic E-state index is 12.5. The Morgan fingerprint density at radius 3 is 2.30 bits per heavy atom. The Balaban J connectivity index is 1.27. The molecule has 1 aliphatic heterocycles. The van der Waals surface area contributed by atoms with Crippen LogP contribution in [0.3, 0.4) is 0 Å². The molecule has 4 nitrogen and oxygen atoms in total. The summed E-state index contributed by atoms with van der Waals surface area (Å²) in [5.41, 5.74) is 0.679. The molecular weight excluding hydrogens is 358 g/mol. The van der Waals surface area contributed by atoms with E-state index in [1.807, 2.05) is 23.9 Å². The van der Waals surface area contributed by atoms with E-state index in [0.717, 1.165) is 18.8 Å². The average molecular weight is 384 g/mol. The van der Waals surface area contributed by atoms with E-state index < -0.39 is 0 Å². The van der Waals surface area contributed by atoms with Crippen LogP contribution in [0.4, 0.5) is 0 Å². The number of benzene rings is 2. The van der Waals surface area contributed by atoms with Crippen LogP contribution in [0, 0.1) is 11.8 Å². The van der Waals surface area contributed by atoms with Crippen LogP contribution in [0.1, 0.15) is 23.2 Å². The number of rotatable bonds is 6. The van der Waals surface area contributed by atoms with Crippen LogP contribution in [-0.4, -0.2) is 47.8 Å². The molecule has 4 rings (SSSR count). The Labute approximate surface area is 164 Å². The number of phenols is 1. The molecule has 2 aromatic rings. The van der Waals surface area contributed by atoms with Gasteiger partial charge in [-0.1, -0.05) is 0 Å². The molecule has 0 spiro atoms. The Hall–Kier alpha value is -1.98. The maximum absolute atomic E-state index is 12.5. The monoisotopic (exact) mass is 383 g/mol. The van der Waals surface area contributed by atoms with Gasteiger partial charge in [0.15, 0.2) is 5.78 Å². The molecule has 1 saturated heterocycles. The zero-order valence-electron chi connectivity index (χ0n) is 15.5. The van der Waals surface area contributed by atoms with E-state index in [1.54, 1.807) is 31.4 Å². The first kappa shape index (κ1) is 18.4. The summed E-state index contributed by atoms with van der Waals surface area (Å²) in [5, 5.41) is 10.0. The van der Waals surface area contributed by atoms with Crippen molar-refractivity contribution in [3.05, 3.63) is 54.1 Å². The van der Waals surface area contributed by atoms with Crippen molar-refractivity contribution < 1.29 is 14.6 Å². The molecule has 0 unspecified atom stereocenters. The van der Waals surface area contributed by atoms with Gasteiger partial charge >= 0.3 is 0 Å². The van der Waals surface area contributed by atoms with Gasteiger partial charge in [-0.15, -0.1) is 11.8 Å². The van der Waals surface area contributed by atoms with Gasteiger partial charge in [0, 0.05) is 28.8 Å². The highest BCUT2D eigenvalue weighted by Gasteiger charge is 2.41. The lowest BCUT2D eigenvalue weighted by atomic mass is 10.0. The first-order chi connectivity index (χ1) is 13.1. The number of likely N-dealkylation sites (tertiary alicyclic amines) is 1. The smallest absolute Gasteiger partial charge is 0.176 e. The lowest BCUT2D eigenvalue weighted by molar-refractivity contribution is 0.0941. The van der Waals surface area contributed by atoms with Crippen LogP contribution in [0.15, 0.2) is 53.4 Å². The Morgan fingerprint density at radius 2 is 1.70 bits per heavy atom. The van der Waals surface area contributed by atoms with Gasteiger partial charge in [-0.05, 0) is 73.2 Å². The second kappa shape index (κ2) is 7.95. The highest BCUT2D eigenvalue weighted by atomic mass is 32.2. The normalized spacial score (nSPS) is 24.7. The van der Waals surface area contributed by atoms with E-state index >= 15 is 0 Å². The third kappa shape index (κ3) is 4.30. The number of ketones is 1. The Morgan fingerprint density at radius 1 is 1.07 bits per heavy atom. The second-order valence-corrected chi connectivity index (χ2v) is 8.94. The van der Waals surface area contributed by atoms with Crippen LogP contribution >= 0.6 is 11.8 Å². The van der Waals surface area contributed by atoms with Gasteiger partial charge < -0.3 is 9.84 Å². The molecule has 1 N–H and O–H groups in total. The SMILES string of the molecule is COc1ccc(S[C@H]2C[C@@H]3CN(CC(=O)c4ccc(O)cc4)C[C@@H]3C2)cc1. The number of ether oxygens (including phenoxy) is 1. The molecule has 1 aliphatic carbocycles. The largest absolute Gasteiger partial charge is 0.508 e. The fraction of sp³-hybridized carbons (Fsp3) is 0.409. The molecular formula is C22H25NO3S. The summed E-state index contributed by atoms with van der Waals surface area (Å²) in [6.07, 6.45) is 2.45. The number of aromatic hydroxyl groups is 1. The topological polar surface area (TPSA) is 49.8 Å². The minimum atomic E-state index is 0.138. The van der Waals surface area contributed by atoms with Crippen LogP contribution in [0.2, 0.25) is 0 Å². The van der Waals surface area contributed by atoms with E-state index in [0.29, 0.717) is 29.2 Å².